The molecule has 0 spiro atoms. The molecule has 0 heterocycles. The minimum atomic E-state index is 0. The van der Waals surface area contributed by atoms with Crippen molar-refractivity contribution in [3.63, 3.8) is 0 Å². The molecule has 3 aromatic rings. The first-order valence-electron chi connectivity index (χ1n) is 14.5. The van der Waals surface area contributed by atoms with Gasteiger partial charge >= 0.3 is 28.4 Å². The van der Waals surface area contributed by atoms with Gasteiger partial charge in [0.15, 0.2) is 0 Å². The topological polar surface area (TPSA) is 0 Å². The zero-order chi connectivity index (χ0) is 30.1. The Morgan fingerprint density at radius 1 is 0.791 bits per heavy atom. The van der Waals surface area contributed by atoms with Crippen LogP contribution in [0.5, 0.6) is 0 Å². The van der Waals surface area contributed by atoms with Gasteiger partial charge in [-0.1, -0.05) is 111 Å². The number of rotatable bonds is 1. The van der Waals surface area contributed by atoms with Crippen LogP contribution in [0.4, 0.5) is 0 Å². The largest absolute Gasteiger partial charge is 0.358 e. The molecule has 0 bridgehead atoms. The van der Waals surface area contributed by atoms with Gasteiger partial charge in [0, 0.05) is 0 Å². The number of halogens is 2. The summed E-state index contributed by atoms with van der Waals surface area (Å²) in [7, 11) is 0. The zero-order valence-electron chi connectivity index (χ0n) is 28.4. The van der Waals surface area contributed by atoms with E-state index in [0.717, 1.165) is 6.42 Å². The molecule has 236 valence electrons. The number of benzene rings is 3. The van der Waals surface area contributed by atoms with E-state index in [4.69, 9.17) is 0 Å². The minimum Gasteiger partial charge on any atom is -0.358 e. The van der Waals surface area contributed by atoms with Crippen molar-refractivity contribution in [3.05, 3.63) is 126 Å². The summed E-state index contributed by atoms with van der Waals surface area (Å²) in [6.07, 6.45) is 10.0. The molecule has 0 amide bonds. The summed E-state index contributed by atoms with van der Waals surface area (Å²) in [6, 6.07) is 27.7. The van der Waals surface area contributed by atoms with Crippen LogP contribution in [0.25, 0.3) is 11.1 Å². The Kier molecular flexibility index (Phi) is 19.4. The van der Waals surface area contributed by atoms with Gasteiger partial charge in [-0.05, 0) is 28.4 Å². The van der Waals surface area contributed by atoms with Crippen LogP contribution in [-0.2, 0) is 41.5 Å². The van der Waals surface area contributed by atoms with Gasteiger partial charge in [-0.25, -0.2) is 6.08 Å². The Hall–Kier alpha value is -1.53. The number of fused-ring (bicyclic) bond motifs is 3. The van der Waals surface area contributed by atoms with Crippen molar-refractivity contribution in [1.82, 2.24) is 0 Å². The third-order valence-corrected chi connectivity index (χ3v) is 7.21. The molecule has 3 heteroatoms. The van der Waals surface area contributed by atoms with Crippen LogP contribution >= 0.6 is 24.8 Å². The van der Waals surface area contributed by atoms with Crippen molar-refractivity contribution < 1.29 is 24.2 Å². The van der Waals surface area contributed by atoms with Gasteiger partial charge in [-0.2, -0.15) is 71.8 Å². The van der Waals surface area contributed by atoms with Crippen molar-refractivity contribution in [3.8, 4) is 11.1 Å². The number of hydrogen-bond donors (Lipinski definition) is 0. The molecule has 1 unspecified atom stereocenters. The zero-order valence-corrected chi connectivity index (χ0v) is 32.5. The second kappa shape index (κ2) is 19.1. The maximum absolute atomic E-state index is 3.67. The molecule has 0 fully saturated rings. The van der Waals surface area contributed by atoms with E-state index < -0.39 is 0 Å². The molecule has 0 N–H and O–H groups in total. The van der Waals surface area contributed by atoms with E-state index in [2.05, 4.69) is 134 Å². The van der Waals surface area contributed by atoms with E-state index in [9.17, 15) is 0 Å². The Bertz CT molecular complexity index is 1190. The predicted molar refractivity (Wildman–Crippen MR) is 193 cm³/mol. The summed E-state index contributed by atoms with van der Waals surface area (Å²) in [4.78, 5) is 0. The van der Waals surface area contributed by atoms with Crippen molar-refractivity contribution in [2.45, 2.75) is 92.9 Å². The Morgan fingerprint density at radius 2 is 1.37 bits per heavy atom. The fourth-order valence-corrected chi connectivity index (χ4v) is 4.58. The monoisotopic (exact) mass is 694 g/mol. The van der Waals surface area contributed by atoms with Crippen molar-refractivity contribution in [1.29, 1.82) is 0 Å². The molecule has 5 rings (SSSR count). The molecular weight excluding hydrogens is 643 g/mol. The second-order valence-electron chi connectivity index (χ2n) is 13.6. The summed E-state index contributed by atoms with van der Waals surface area (Å²) >= 11 is 1.30. The van der Waals surface area contributed by atoms with Gasteiger partial charge in [0.05, 0.1) is 0 Å². The van der Waals surface area contributed by atoms with Gasteiger partial charge < -0.3 is 7.43 Å². The Balaban J connectivity index is 0. The molecule has 0 aliphatic heterocycles. The molecule has 0 nitrogen and oxygen atoms in total. The smallest absolute Gasteiger partial charge is 0.171 e. The van der Waals surface area contributed by atoms with Gasteiger partial charge in [-0.15, -0.1) is 35.9 Å². The standard InChI is InChI=1S/C21H25.C11H17.C6H5.CH3.CH2.2ClH.Zr/c1-20(2,3)16-7-9-18-14(12-16)11-15-13-17(21(4,5)6)8-10-19(15)18;1-5-9-6-7-10(8-9)11(2,3)4;1-2-4-6-5-3-1;;;;;/h7-10,12H,11H2,1-6H3;7-9H,5H2,1-4H3;1-5H;1H3;1H2;2*1H;/q4*-1;;;;. The summed E-state index contributed by atoms with van der Waals surface area (Å²) < 4.78 is 3.34. The molecule has 43 heavy (non-hydrogen) atoms. The second-order valence-corrected chi connectivity index (χ2v) is 13.6. The Morgan fingerprint density at radius 3 is 1.77 bits per heavy atom. The van der Waals surface area contributed by atoms with E-state index in [1.54, 1.807) is 0 Å². The summed E-state index contributed by atoms with van der Waals surface area (Å²) in [5, 5.41) is 0. The van der Waals surface area contributed by atoms with E-state index in [-0.39, 0.29) is 43.1 Å². The number of hydrogen-bond acceptors (Lipinski definition) is 0. The third kappa shape index (κ3) is 13.2. The summed E-state index contributed by atoms with van der Waals surface area (Å²) in [5.41, 5.74) is 10.4. The maximum atomic E-state index is 3.67. The summed E-state index contributed by atoms with van der Waals surface area (Å²) in [6.45, 7) is 22.5. The average molecular weight is 697 g/mol. The fourth-order valence-electron chi connectivity index (χ4n) is 4.58. The van der Waals surface area contributed by atoms with Crippen molar-refractivity contribution in [2.75, 3.05) is 0 Å². The van der Waals surface area contributed by atoms with Crippen molar-refractivity contribution >= 4 is 29.0 Å². The van der Waals surface area contributed by atoms with Crippen LogP contribution in [0.1, 0.15) is 97.9 Å². The van der Waals surface area contributed by atoms with Gasteiger partial charge in [0.25, 0.3) is 0 Å². The van der Waals surface area contributed by atoms with Crippen LogP contribution in [-0.4, -0.2) is 4.21 Å². The summed E-state index contributed by atoms with van der Waals surface area (Å²) in [5.74, 6) is 0.573. The molecule has 0 radical (unpaired) electrons. The first-order chi connectivity index (χ1) is 18.7. The van der Waals surface area contributed by atoms with E-state index in [1.807, 2.05) is 30.3 Å². The average Bonchev–Trinajstić information content (AvgIpc) is 3.55. The third-order valence-electron chi connectivity index (χ3n) is 7.21. The van der Waals surface area contributed by atoms with Gasteiger partial charge in [0.2, 0.25) is 0 Å². The Labute approximate surface area is 293 Å². The molecule has 0 aromatic heterocycles. The first kappa shape index (κ1) is 43.6. The molecule has 0 saturated heterocycles. The van der Waals surface area contributed by atoms with E-state index >= 15 is 0 Å². The fraction of sp³-hybridized carbons (Fsp3) is 0.400. The van der Waals surface area contributed by atoms with Crippen LogP contribution in [0.2, 0.25) is 0 Å². The molecule has 2 aliphatic rings. The maximum Gasteiger partial charge on any atom is -0.171 e. The van der Waals surface area contributed by atoms with Crippen molar-refractivity contribution in [2.24, 2.45) is 11.3 Å². The SMILES string of the molecule is CC(C)(C)c1[c-]c2c(cc1)-c1ccc(C(C)(C)C)cc1C2.CCC1[C-]=CC(C(C)(C)C)=C1.Cl.Cl.[CH2]=[Zr].[CH3-].[c-]1ccccc1. The normalized spacial score (nSPS) is 14.2. The van der Waals surface area contributed by atoms with Crippen LogP contribution in [0.15, 0.2) is 78.4 Å². The van der Waals surface area contributed by atoms with Gasteiger partial charge in [0.1, 0.15) is 0 Å². The minimum absolute atomic E-state index is 0. The van der Waals surface area contributed by atoms with Gasteiger partial charge in [-0.3, -0.25) is 6.08 Å². The molecule has 1 atom stereocenters. The molecular formula is C40H54Cl2Zr-4. The van der Waals surface area contributed by atoms with E-state index in [1.165, 1.54) is 69.6 Å². The molecule has 3 aromatic carbocycles. The van der Waals surface area contributed by atoms with E-state index in [0.29, 0.717) is 11.3 Å². The first-order valence-corrected chi connectivity index (χ1v) is 16.2. The van der Waals surface area contributed by atoms with Crippen LogP contribution < -0.4 is 0 Å². The van der Waals surface area contributed by atoms with Crippen LogP contribution in [0, 0.1) is 37.0 Å². The number of allylic oxidation sites excluding steroid dienone is 4. The molecule has 2 aliphatic carbocycles. The van der Waals surface area contributed by atoms with Crippen LogP contribution in [0.3, 0.4) is 0 Å². The predicted octanol–water partition coefficient (Wildman–Crippen LogP) is 11.8. The quantitative estimate of drug-likeness (QED) is 0.174. The molecule has 0 saturated carbocycles.